The number of rotatable bonds is 6. The highest BCUT2D eigenvalue weighted by atomic mass is 32.2. The van der Waals surface area contributed by atoms with Gasteiger partial charge in [-0.05, 0) is 42.3 Å². The maximum atomic E-state index is 13.6. The van der Waals surface area contributed by atoms with E-state index in [2.05, 4.69) is 0 Å². The van der Waals surface area contributed by atoms with E-state index in [0.29, 0.717) is 39.3 Å². The first-order valence-corrected chi connectivity index (χ1v) is 10.6. The first-order valence-electron chi connectivity index (χ1n) is 9.35. The third-order valence-corrected chi connectivity index (χ3v) is 6.10. The van der Waals surface area contributed by atoms with Gasteiger partial charge in [-0.2, -0.15) is 0 Å². The average Bonchev–Trinajstić information content (AvgIpc) is 3.32. The first-order chi connectivity index (χ1) is 14.9. The number of thiocarbonyl (C=S) groups is 1. The number of carbonyl (C=O) groups excluding carboxylic acids is 1. The molecule has 2 aromatic carbocycles. The number of amides is 1. The van der Waals surface area contributed by atoms with Crippen LogP contribution in [0, 0.1) is 5.82 Å². The average molecular weight is 454 g/mol. The van der Waals surface area contributed by atoms with Gasteiger partial charge in [-0.1, -0.05) is 54.3 Å². The van der Waals surface area contributed by atoms with Crippen LogP contribution in [0.1, 0.15) is 21.7 Å². The fourth-order valence-electron chi connectivity index (χ4n) is 3.14. The van der Waals surface area contributed by atoms with Gasteiger partial charge in [0, 0.05) is 18.2 Å². The Morgan fingerprint density at radius 1 is 1.16 bits per heavy atom. The number of carboxylic acids is 1. The van der Waals surface area contributed by atoms with Crippen molar-refractivity contribution in [3.8, 4) is 11.3 Å². The van der Waals surface area contributed by atoms with E-state index in [4.69, 9.17) is 21.7 Å². The van der Waals surface area contributed by atoms with Crippen LogP contribution in [0.2, 0.25) is 0 Å². The van der Waals surface area contributed by atoms with Crippen molar-refractivity contribution in [2.45, 2.75) is 6.42 Å². The zero-order valence-corrected chi connectivity index (χ0v) is 17.7. The summed E-state index contributed by atoms with van der Waals surface area (Å²) in [5.74, 6) is -1.57. The molecule has 0 aliphatic carbocycles. The second-order valence-electron chi connectivity index (χ2n) is 6.77. The number of carbonyl (C=O) groups is 2. The SMILES string of the molecule is O=C(O)c1cc(-c2ccc(/C=C3\SC(=S)N(CCc4ccccc4)C3=O)o2)ccc1F. The molecular formula is C23H16FNO4S2. The Bertz CT molecular complexity index is 1200. The number of benzene rings is 2. The standard InChI is InChI=1S/C23H16FNO4S2/c24-18-8-6-15(12-17(18)22(27)28)19-9-7-16(29-19)13-20-21(26)25(23(30)31-20)11-10-14-4-2-1-3-5-14/h1-9,12-13H,10-11H2,(H,27,28)/b20-13-. The third-order valence-electron chi connectivity index (χ3n) is 4.72. The van der Waals surface area contributed by atoms with Crippen LogP contribution in [0.15, 0.2) is 70.0 Å². The van der Waals surface area contributed by atoms with Crippen molar-refractivity contribution < 1.29 is 23.5 Å². The Morgan fingerprint density at radius 2 is 1.94 bits per heavy atom. The van der Waals surface area contributed by atoms with Gasteiger partial charge in [0.15, 0.2) is 0 Å². The van der Waals surface area contributed by atoms with E-state index in [1.165, 1.54) is 23.9 Å². The Balaban J connectivity index is 1.50. The normalized spacial score (nSPS) is 15.1. The molecule has 0 radical (unpaired) electrons. The molecule has 1 aliphatic heterocycles. The van der Waals surface area contributed by atoms with Gasteiger partial charge in [0.25, 0.3) is 5.91 Å². The molecule has 0 spiro atoms. The lowest BCUT2D eigenvalue weighted by molar-refractivity contribution is -0.122. The maximum Gasteiger partial charge on any atom is 0.338 e. The molecule has 156 valence electrons. The summed E-state index contributed by atoms with van der Waals surface area (Å²) in [7, 11) is 0. The quantitative estimate of drug-likeness (QED) is 0.407. The molecule has 0 unspecified atom stereocenters. The van der Waals surface area contributed by atoms with Gasteiger partial charge in [-0.3, -0.25) is 9.69 Å². The summed E-state index contributed by atoms with van der Waals surface area (Å²) in [4.78, 5) is 25.9. The number of halogens is 1. The summed E-state index contributed by atoms with van der Waals surface area (Å²) in [6.45, 7) is 0.489. The number of carboxylic acid groups (broad SMARTS) is 1. The lowest BCUT2D eigenvalue weighted by Crippen LogP contribution is -2.30. The molecule has 1 amide bonds. The molecule has 4 rings (SSSR count). The predicted molar refractivity (Wildman–Crippen MR) is 121 cm³/mol. The van der Waals surface area contributed by atoms with Crippen molar-refractivity contribution in [2.75, 3.05) is 6.54 Å². The van der Waals surface area contributed by atoms with E-state index in [-0.39, 0.29) is 5.91 Å². The summed E-state index contributed by atoms with van der Waals surface area (Å²) in [5.41, 5.74) is 1.11. The van der Waals surface area contributed by atoms with E-state index < -0.39 is 17.3 Å². The van der Waals surface area contributed by atoms with E-state index in [0.717, 1.165) is 11.6 Å². The van der Waals surface area contributed by atoms with Crippen molar-refractivity contribution in [1.82, 2.24) is 4.90 Å². The smallest absolute Gasteiger partial charge is 0.338 e. The van der Waals surface area contributed by atoms with Crippen LogP contribution < -0.4 is 0 Å². The van der Waals surface area contributed by atoms with Crippen LogP contribution in [-0.4, -0.2) is 32.7 Å². The lowest BCUT2D eigenvalue weighted by Gasteiger charge is -2.14. The minimum absolute atomic E-state index is 0.182. The molecule has 3 aromatic rings. The maximum absolute atomic E-state index is 13.6. The Hall–Kier alpha value is -3.23. The fraction of sp³-hybridized carbons (Fsp3) is 0.0870. The molecule has 1 aliphatic rings. The number of hydrogen-bond acceptors (Lipinski definition) is 5. The van der Waals surface area contributed by atoms with E-state index in [9.17, 15) is 14.0 Å². The van der Waals surface area contributed by atoms with Crippen LogP contribution in [-0.2, 0) is 11.2 Å². The number of furan rings is 1. The summed E-state index contributed by atoms with van der Waals surface area (Å²) >= 11 is 6.57. The number of nitrogens with zero attached hydrogens (tertiary/aromatic N) is 1. The van der Waals surface area contributed by atoms with E-state index in [1.807, 2.05) is 30.3 Å². The molecule has 1 saturated heterocycles. The molecule has 5 nitrogen and oxygen atoms in total. The first kappa shape index (κ1) is 21.0. The second-order valence-corrected chi connectivity index (χ2v) is 8.45. The van der Waals surface area contributed by atoms with Gasteiger partial charge in [0.2, 0.25) is 0 Å². The van der Waals surface area contributed by atoms with Crippen LogP contribution in [0.4, 0.5) is 4.39 Å². The number of thioether (sulfide) groups is 1. The monoisotopic (exact) mass is 453 g/mol. The molecule has 8 heteroatoms. The molecule has 31 heavy (non-hydrogen) atoms. The van der Waals surface area contributed by atoms with Crippen molar-refractivity contribution in [1.29, 1.82) is 0 Å². The highest BCUT2D eigenvalue weighted by Crippen LogP contribution is 2.34. The van der Waals surface area contributed by atoms with Crippen molar-refractivity contribution in [3.63, 3.8) is 0 Å². The largest absolute Gasteiger partial charge is 0.478 e. The van der Waals surface area contributed by atoms with Crippen molar-refractivity contribution in [3.05, 3.63) is 88.3 Å². The zero-order chi connectivity index (χ0) is 22.0. The van der Waals surface area contributed by atoms with Gasteiger partial charge < -0.3 is 9.52 Å². The van der Waals surface area contributed by atoms with Gasteiger partial charge >= 0.3 is 5.97 Å². The molecule has 2 heterocycles. The summed E-state index contributed by atoms with van der Waals surface area (Å²) < 4.78 is 19.8. The van der Waals surface area contributed by atoms with Crippen molar-refractivity contribution >= 4 is 46.3 Å². The van der Waals surface area contributed by atoms with Crippen LogP contribution in [0.25, 0.3) is 17.4 Å². The van der Waals surface area contributed by atoms with Gasteiger partial charge in [0.1, 0.15) is 21.7 Å². The summed E-state index contributed by atoms with van der Waals surface area (Å²) in [6.07, 6.45) is 2.30. The number of hydrogen-bond donors (Lipinski definition) is 1. The van der Waals surface area contributed by atoms with Crippen LogP contribution >= 0.6 is 24.0 Å². The van der Waals surface area contributed by atoms with Crippen LogP contribution in [0.3, 0.4) is 0 Å². The molecule has 0 atom stereocenters. The van der Waals surface area contributed by atoms with Gasteiger partial charge in [-0.15, -0.1) is 0 Å². The fourth-order valence-corrected chi connectivity index (χ4v) is 4.42. The zero-order valence-electron chi connectivity index (χ0n) is 16.1. The lowest BCUT2D eigenvalue weighted by atomic mass is 10.1. The highest BCUT2D eigenvalue weighted by Gasteiger charge is 2.32. The second kappa shape index (κ2) is 8.87. The van der Waals surface area contributed by atoms with Crippen LogP contribution in [0.5, 0.6) is 0 Å². The molecular weight excluding hydrogens is 437 g/mol. The molecule has 0 bridgehead atoms. The predicted octanol–water partition coefficient (Wildman–Crippen LogP) is 5.23. The minimum Gasteiger partial charge on any atom is -0.478 e. The topological polar surface area (TPSA) is 70.8 Å². The summed E-state index contributed by atoms with van der Waals surface area (Å²) in [6, 6.07) is 16.9. The highest BCUT2D eigenvalue weighted by molar-refractivity contribution is 8.26. The third kappa shape index (κ3) is 4.60. The minimum atomic E-state index is -1.36. The molecule has 1 fully saturated rings. The Labute approximate surface area is 187 Å². The van der Waals surface area contributed by atoms with Gasteiger partial charge in [0.05, 0.1) is 10.5 Å². The van der Waals surface area contributed by atoms with Crippen molar-refractivity contribution in [2.24, 2.45) is 0 Å². The Morgan fingerprint density at radius 3 is 2.68 bits per heavy atom. The molecule has 1 N–H and O–H groups in total. The Kier molecular flexibility index (Phi) is 6.01. The molecule has 1 aromatic heterocycles. The number of aromatic carboxylic acids is 1. The van der Waals surface area contributed by atoms with E-state index in [1.54, 1.807) is 23.1 Å². The summed E-state index contributed by atoms with van der Waals surface area (Å²) in [5, 5.41) is 9.09. The van der Waals surface area contributed by atoms with E-state index >= 15 is 0 Å². The molecule has 0 saturated carbocycles. The van der Waals surface area contributed by atoms with Gasteiger partial charge in [-0.25, -0.2) is 9.18 Å².